The molecule has 53 heavy (non-hydrogen) atoms. The lowest BCUT2D eigenvalue weighted by Crippen LogP contribution is -2.72. The van der Waals surface area contributed by atoms with Gasteiger partial charge in [0.25, 0.3) is 0 Å². The predicted molar refractivity (Wildman–Crippen MR) is 198 cm³/mol. The number of hydrogen-bond donors (Lipinski definition) is 3. The maximum absolute atomic E-state index is 14.8. The van der Waals surface area contributed by atoms with Crippen LogP contribution in [0.4, 0.5) is 0 Å². The molecule has 0 aromatic heterocycles. The fraction of sp³-hybridized carbons (Fsp3) is 0.875. The minimum atomic E-state index is -3.82. The molecule has 1 heterocycles. The quantitative estimate of drug-likeness (QED) is 0.120. The first-order chi connectivity index (χ1) is 24.7. The molecule has 5 aliphatic carbocycles. The Morgan fingerprint density at radius 1 is 0.887 bits per heavy atom. The van der Waals surface area contributed by atoms with Crippen molar-refractivity contribution in [1.82, 2.24) is 10.0 Å². The summed E-state index contributed by atoms with van der Waals surface area (Å²) in [5, 5.41) is 14.1. The monoisotopic (exact) mass is 764 g/mol. The second-order valence-corrected chi connectivity index (χ2v) is 20.9. The van der Waals surface area contributed by atoms with Gasteiger partial charge in [-0.05, 0) is 91.9 Å². The number of sulfonamides is 1. The van der Waals surface area contributed by atoms with Crippen molar-refractivity contribution in [3.63, 3.8) is 0 Å². The molecule has 3 N–H and O–H groups in total. The molecule has 2 unspecified atom stereocenters. The second kappa shape index (κ2) is 13.9. The van der Waals surface area contributed by atoms with Gasteiger partial charge < -0.3 is 29.4 Å². The van der Waals surface area contributed by atoms with E-state index < -0.39 is 43.7 Å². The Kier molecular flexibility index (Phi) is 10.7. The lowest BCUT2D eigenvalue weighted by molar-refractivity contribution is -0.173. The van der Waals surface area contributed by atoms with E-state index in [9.17, 15) is 27.9 Å². The number of carbonyl (C=O) groups excluding carboxylic acids is 2. The number of fused-ring (bicyclic) bond motifs is 6. The number of carboxylic acids is 1. The third kappa shape index (κ3) is 6.45. The number of esters is 1. The van der Waals surface area contributed by atoms with Crippen molar-refractivity contribution in [1.29, 1.82) is 0 Å². The summed E-state index contributed by atoms with van der Waals surface area (Å²) in [5.41, 5.74) is -1.66. The van der Waals surface area contributed by atoms with Gasteiger partial charge in [0.1, 0.15) is 6.61 Å². The lowest BCUT2D eigenvalue weighted by atomic mass is 9.33. The number of allylic oxidation sites excluding steroid dienone is 2. The maximum Gasteiger partial charge on any atom is 0.309 e. The molecule has 12 nitrogen and oxygen atoms in total. The smallest absolute Gasteiger partial charge is 0.309 e. The Morgan fingerprint density at radius 3 is 2.19 bits per heavy atom. The molecule has 0 aromatic rings. The normalized spacial score (nSPS) is 42.6. The van der Waals surface area contributed by atoms with Crippen LogP contribution in [0.25, 0.3) is 0 Å². The van der Waals surface area contributed by atoms with Crippen LogP contribution >= 0.6 is 0 Å². The number of nitrogens with one attached hydrogen (secondary N) is 2. The van der Waals surface area contributed by atoms with E-state index in [4.69, 9.17) is 18.9 Å². The molecule has 6 rings (SSSR count). The molecule has 6 aliphatic rings. The number of carboxylic acid groups (broad SMARTS) is 1. The molecule has 0 aromatic carbocycles. The number of carbonyl (C=O) groups is 3. The van der Waals surface area contributed by atoms with Crippen LogP contribution in [0.5, 0.6) is 0 Å². The Balaban J connectivity index is 1.13. The topological polar surface area (TPSA) is 176 Å². The van der Waals surface area contributed by atoms with Crippen molar-refractivity contribution < 1.29 is 46.9 Å². The first-order valence-corrected chi connectivity index (χ1v) is 21.4. The summed E-state index contributed by atoms with van der Waals surface area (Å²) < 4.78 is 50.7. The molecule has 0 radical (unpaired) electrons. The fourth-order valence-corrected chi connectivity index (χ4v) is 14.0. The van der Waals surface area contributed by atoms with Gasteiger partial charge in [0.2, 0.25) is 10.0 Å². The van der Waals surface area contributed by atoms with Crippen LogP contribution in [0.2, 0.25) is 0 Å². The highest BCUT2D eigenvalue weighted by Gasteiger charge is 2.83. The summed E-state index contributed by atoms with van der Waals surface area (Å²) in [6.45, 7) is 17.3. The molecule has 0 bridgehead atoms. The average molecular weight is 765 g/mol. The van der Waals surface area contributed by atoms with Gasteiger partial charge >= 0.3 is 11.9 Å². The van der Waals surface area contributed by atoms with E-state index in [0.717, 1.165) is 25.7 Å². The van der Waals surface area contributed by atoms with E-state index in [0.29, 0.717) is 52.1 Å². The van der Waals surface area contributed by atoms with E-state index in [2.05, 4.69) is 51.6 Å². The summed E-state index contributed by atoms with van der Waals surface area (Å²) in [6.07, 6.45) is 7.78. The van der Waals surface area contributed by atoms with Crippen LogP contribution < -0.4 is 10.0 Å². The average Bonchev–Trinajstić information content (AvgIpc) is 3.82. The molecule has 1 aliphatic heterocycles. The van der Waals surface area contributed by atoms with Gasteiger partial charge in [-0.2, -0.15) is 0 Å². The molecule has 300 valence electrons. The van der Waals surface area contributed by atoms with Crippen molar-refractivity contribution in [3.8, 4) is 0 Å². The number of rotatable bonds is 15. The number of aliphatic carboxylic acids is 1. The van der Waals surface area contributed by atoms with Gasteiger partial charge in [-0.1, -0.05) is 47.1 Å². The minimum Gasteiger partial charge on any atom is -0.481 e. The predicted octanol–water partition coefficient (Wildman–Crippen LogP) is 4.66. The number of ketones is 1. The summed E-state index contributed by atoms with van der Waals surface area (Å²) in [5.74, 6) is -1.78. The first kappa shape index (κ1) is 40.8. The molecular formula is C40H64N2O10S. The maximum atomic E-state index is 14.8. The third-order valence-corrected chi connectivity index (χ3v) is 17.4. The molecule has 0 amide bonds. The molecule has 5 fully saturated rings. The highest BCUT2D eigenvalue weighted by atomic mass is 32.2. The van der Waals surface area contributed by atoms with Crippen molar-refractivity contribution in [3.05, 3.63) is 11.6 Å². The molecule has 1 saturated heterocycles. The number of ether oxygens (including phenoxy) is 4. The highest BCUT2D eigenvalue weighted by Crippen LogP contribution is 2.78. The van der Waals surface area contributed by atoms with Gasteiger partial charge in [-0.25, -0.2) is 13.1 Å². The SMILES string of the molecule is COCCOCCOCCOC(=O)CCS(=O)(=O)N[C@H]1CC[C@]2(C)[C@H]3C(=O)C=C4C5C[C@@](C)(C(=O)O)CC[C@]5(C)CC[C@@]4(C)[C@]3(C)CC3N[C@@]32C1(C)C. The van der Waals surface area contributed by atoms with E-state index in [1.165, 1.54) is 5.57 Å². The largest absolute Gasteiger partial charge is 0.481 e. The summed E-state index contributed by atoms with van der Waals surface area (Å²) in [7, 11) is -2.22. The van der Waals surface area contributed by atoms with Crippen LogP contribution in [0.3, 0.4) is 0 Å². The fourth-order valence-electron chi connectivity index (χ4n) is 12.6. The Labute approximate surface area is 316 Å². The van der Waals surface area contributed by atoms with Crippen LogP contribution in [-0.2, 0) is 43.4 Å². The summed E-state index contributed by atoms with van der Waals surface area (Å²) in [4.78, 5) is 39.6. The zero-order chi connectivity index (χ0) is 38.9. The Hall–Kier alpha value is -1.90. The number of hydrogen-bond acceptors (Lipinski definition) is 10. The Morgan fingerprint density at radius 2 is 1.53 bits per heavy atom. The molecule has 4 saturated carbocycles. The van der Waals surface area contributed by atoms with E-state index in [1.807, 2.05) is 13.0 Å². The summed E-state index contributed by atoms with van der Waals surface area (Å²) in [6, 6.07) is -0.275. The zero-order valence-corrected chi connectivity index (χ0v) is 34.0. The van der Waals surface area contributed by atoms with E-state index in [1.54, 1.807) is 7.11 Å². The summed E-state index contributed by atoms with van der Waals surface area (Å²) >= 11 is 0. The van der Waals surface area contributed by atoms with Crippen molar-refractivity contribution in [2.75, 3.05) is 52.5 Å². The molecule has 10 atom stereocenters. The standard InChI is InChI=1S/C40H64N2O10S/c1-34(2)29(42-53(47,48)22-10-31(44)52-21-20-51-19-18-50-17-16-49-8)9-11-38(6)32-28(43)23-26-27-24-36(4,33(45)46)13-12-35(27,3)14-15-37(26,5)39(32,7)25-30-40(34,38)41-30/h23,27,29-30,32,41-42H,9-22,24-25H2,1-8H3,(H,45,46)/t27?,29-,30?,32+,35+,36-,37+,38+,39+,40+/m0/s1. The van der Waals surface area contributed by atoms with Crippen LogP contribution in [0, 0.1) is 44.3 Å². The van der Waals surface area contributed by atoms with Crippen LogP contribution in [0.15, 0.2) is 11.6 Å². The van der Waals surface area contributed by atoms with Gasteiger partial charge in [-0.15, -0.1) is 0 Å². The minimum absolute atomic E-state index is 0.0217. The molecule has 1 spiro atoms. The zero-order valence-electron chi connectivity index (χ0n) is 33.2. The van der Waals surface area contributed by atoms with Crippen LogP contribution in [-0.4, -0.2) is 101 Å². The van der Waals surface area contributed by atoms with Gasteiger partial charge in [0, 0.05) is 36.1 Å². The van der Waals surface area contributed by atoms with Gasteiger partial charge in [0.05, 0.1) is 50.6 Å². The Bertz CT molecular complexity index is 1620. The van der Waals surface area contributed by atoms with Crippen molar-refractivity contribution in [2.24, 2.45) is 44.3 Å². The van der Waals surface area contributed by atoms with E-state index >= 15 is 0 Å². The van der Waals surface area contributed by atoms with Crippen LogP contribution in [0.1, 0.15) is 106 Å². The third-order valence-electron chi connectivity index (χ3n) is 16.0. The van der Waals surface area contributed by atoms with Gasteiger partial charge in [0.15, 0.2) is 5.78 Å². The first-order valence-electron chi connectivity index (χ1n) is 19.7. The number of methoxy groups -OCH3 is 1. The molecule has 13 heteroatoms. The van der Waals surface area contributed by atoms with Crippen molar-refractivity contribution in [2.45, 2.75) is 124 Å². The van der Waals surface area contributed by atoms with E-state index in [-0.39, 0.29) is 71.3 Å². The second-order valence-electron chi connectivity index (χ2n) is 19.0. The lowest BCUT2D eigenvalue weighted by Gasteiger charge is -2.70. The highest BCUT2D eigenvalue weighted by molar-refractivity contribution is 7.89. The van der Waals surface area contributed by atoms with Gasteiger partial charge in [-0.3, -0.25) is 14.4 Å². The molecular weight excluding hydrogens is 701 g/mol. The van der Waals surface area contributed by atoms with Crippen molar-refractivity contribution >= 4 is 27.7 Å².